The molecule has 0 unspecified atom stereocenters. The molecule has 2 aromatic carbocycles. The summed E-state index contributed by atoms with van der Waals surface area (Å²) in [6.07, 6.45) is 7.34. The highest BCUT2D eigenvalue weighted by Gasteiger charge is 2.26. The number of carbonyl (C=O) groups is 1. The van der Waals surface area contributed by atoms with Crippen LogP contribution in [0.4, 0.5) is 0 Å². The molecule has 8 nitrogen and oxygen atoms in total. The van der Waals surface area contributed by atoms with Crippen LogP contribution in [0.1, 0.15) is 23.2 Å². The standard InChI is InChI=1S/C23H23N7O/c31-23(20-8-4-5-9-21(20)30-17-25-26-27-30)28-13-10-18(11-14-28)16-29-15-12-24-22(29)19-6-2-1-3-7-19/h1-9,12,15,17-18H,10-11,13-14,16H2. The van der Waals surface area contributed by atoms with Gasteiger partial charge in [-0.2, -0.15) is 4.68 Å². The van der Waals surface area contributed by atoms with Crippen LogP contribution in [-0.4, -0.2) is 53.7 Å². The van der Waals surface area contributed by atoms with Crippen molar-refractivity contribution < 1.29 is 4.79 Å². The Bertz CT molecular complexity index is 1150. The third-order valence-corrected chi connectivity index (χ3v) is 5.83. The van der Waals surface area contributed by atoms with Gasteiger partial charge >= 0.3 is 0 Å². The molecule has 1 saturated heterocycles. The second kappa shape index (κ2) is 8.51. The van der Waals surface area contributed by atoms with E-state index in [-0.39, 0.29) is 5.91 Å². The van der Waals surface area contributed by atoms with E-state index in [1.165, 1.54) is 11.0 Å². The van der Waals surface area contributed by atoms with Crippen LogP contribution < -0.4 is 0 Å². The van der Waals surface area contributed by atoms with E-state index in [4.69, 9.17) is 0 Å². The number of likely N-dealkylation sites (tertiary alicyclic amines) is 1. The fourth-order valence-electron chi connectivity index (χ4n) is 4.20. The SMILES string of the molecule is O=C(c1ccccc1-n1cnnn1)N1CCC(Cn2ccnc2-c2ccccc2)CC1. The van der Waals surface area contributed by atoms with Crippen LogP contribution >= 0.6 is 0 Å². The average Bonchev–Trinajstić information content (AvgIpc) is 3.52. The molecule has 0 saturated carbocycles. The van der Waals surface area contributed by atoms with Crippen LogP contribution in [0.5, 0.6) is 0 Å². The molecule has 1 fully saturated rings. The van der Waals surface area contributed by atoms with E-state index in [2.05, 4.69) is 37.2 Å². The van der Waals surface area contributed by atoms with Crippen molar-refractivity contribution in [2.45, 2.75) is 19.4 Å². The van der Waals surface area contributed by atoms with Crippen molar-refractivity contribution in [1.82, 2.24) is 34.7 Å². The summed E-state index contributed by atoms with van der Waals surface area (Å²) < 4.78 is 3.76. The van der Waals surface area contributed by atoms with Crippen LogP contribution in [0.15, 0.2) is 73.3 Å². The predicted molar refractivity (Wildman–Crippen MR) is 115 cm³/mol. The molecule has 8 heteroatoms. The summed E-state index contributed by atoms with van der Waals surface area (Å²) >= 11 is 0. The monoisotopic (exact) mass is 413 g/mol. The van der Waals surface area contributed by atoms with Crippen molar-refractivity contribution in [3.8, 4) is 17.1 Å². The molecule has 0 radical (unpaired) electrons. The second-order valence-corrected chi connectivity index (χ2v) is 7.78. The van der Waals surface area contributed by atoms with E-state index in [9.17, 15) is 4.79 Å². The van der Waals surface area contributed by atoms with Gasteiger partial charge in [-0.3, -0.25) is 4.79 Å². The number of hydrogen-bond donors (Lipinski definition) is 0. The topological polar surface area (TPSA) is 81.7 Å². The Labute approximate surface area is 180 Å². The highest BCUT2D eigenvalue weighted by Crippen LogP contribution is 2.25. The van der Waals surface area contributed by atoms with E-state index < -0.39 is 0 Å². The van der Waals surface area contributed by atoms with Crippen LogP contribution in [0.3, 0.4) is 0 Å². The predicted octanol–water partition coefficient (Wildman–Crippen LogP) is 3.08. The number of hydrogen-bond acceptors (Lipinski definition) is 5. The van der Waals surface area contributed by atoms with Crippen molar-refractivity contribution in [2.24, 2.45) is 5.92 Å². The van der Waals surface area contributed by atoms with Gasteiger partial charge in [-0.05, 0) is 41.3 Å². The minimum atomic E-state index is 0.0251. The maximum Gasteiger partial charge on any atom is 0.256 e. The van der Waals surface area contributed by atoms with Crippen LogP contribution in [-0.2, 0) is 6.54 Å². The molecule has 1 aliphatic heterocycles. The highest BCUT2D eigenvalue weighted by molar-refractivity contribution is 5.97. The molecule has 0 spiro atoms. The number of amides is 1. The molecule has 5 rings (SSSR count). The number of aromatic nitrogens is 6. The number of benzene rings is 2. The van der Waals surface area contributed by atoms with Gasteiger partial charge in [-0.15, -0.1) is 5.10 Å². The summed E-state index contributed by atoms with van der Waals surface area (Å²) in [5.74, 6) is 1.53. The van der Waals surface area contributed by atoms with E-state index in [0.29, 0.717) is 17.2 Å². The van der Waals surface area contributed by atoms with Gasteiger partial charge in [0.15, 0.2) is 0 Å². The lowest BCUT2D eigenvalue weighted by Crippen LogP contribution is -2.39. The van der Waals surface area contributed by atoms with E-state index in [1.54, 1.807) is 0 Å². The maximum absolute atomic E-state index is 13.2. The lowest BCUT2D eigenvalue weighted by molar-refractivity contribution is 0.0683. The zero-order valence-corrected chi connectivity index (χ0v) is 17.1. The van der Waals surface area contributed by atoms with Crippen molar-refractivity contribution in [1.29, 1.82) is 0 Å². The summed E-state index contributed by atoms with van der Waals surface area (Å²) in [5, 5.41) is 11.3. The molecule has 1 aliphatic rings. The normalized spacial score (nSPS) is 14.6. The fraction of sp³-hybridized carbons (Fsp3) is 0.261. The smallest absolute Gasteiger partial charge is 0.256 e. The Hall–Kier alpha value is -3.81. The summed E-state index contributed by atoms with van der Waals surface area (Å²) in [6.45, 7) is 2.39. The fourth-order valence-corrected chi connectivity index (χ4v) is 4.20. The summed E-state index contributed by atoms with van der Waals surface area (Å²) in [4.78, 5) is 19.7. The van der Waals surface area contributed by atoms with Gasteiger partial charge in [0.1, 0.15) is 12.2 Å². The molecule has 156 valence electrons. The maximum atomic E-state index is 13.2. The van der Waals surface area contributed by atoms with Crippen LogP contribution in [0.2, 0.25) is 0 Å². The van der Waals surface area contributed by atoms with Gasteiger partial charge in [0.2, 0.25) is 0 Å². The lowest BCUT2D eigenvalue weighted by Gasteiger charge is -2.32. The third kappa shape index (κ3) is 3.96. The Morgan fingerprint density at radius 1 is 1.00 bits per heavy atom. The van der Waals surface area contributed by atoms with Gasteiger partial charge in [0, 0.05) is 37.6 Å². The number of nitrogens with zero attached hydrogens (tertiary/aromatic N) is 7. The Kier molecular flexibility index (Phi) is 5.26. The molecule has 31 heavy (non-hydrogen) atoms. The van der Waals surface area contributed by atoms with Crippen molar-refractivity contribution in [3.63, 3.8) is 0 Å². The first-order chi connectivity index (χ1) is 15.3. The average molecular weight is 413 g/mol. The van der Waals surface area contributed by atoms with E-state index in [0.717, 1.165) is 43.9 Å². The number of piperidine rings is 1. The van der Waals surface area contributed by atoms with E-state index >= 15 is 0 Å². The lowest BCUT2D eigenvalue weighted by atomic mass is 9.96. The van der Waals surface area contributed by atoms with E-state index in [1.807, 2.05) is 59.8 Å². The first-order valence-corrected chi connectivity index (χ1v) is 10.5. The number of rotatable bonds is 5. The number of carbonyl (C=O) groups excluding carboxylic acids is 1. The third-order valence-electron chi connectivity index (χ3n) is 5.83. The van der Waals surface area contributed by atoms with Gasteiger partial charge in [0.05, 0.1) is 11.3 Å². The number of para-hydroxylation sites is 1. The number of tetrazole rings is 1. The highest BCUT2D eigenvalue weighted by atomic mass is 16.2. The van der Waals surface area contributed by atoms with Crippen molar-refractivity contribution in [2.75, 3.05) is 13.1 Å². The molecular weight excluding hydrogens is 390 g/mol. The molecular formula is C23H23N7O. The van der Waals surface area contributed by atoms with Crippen molar-refractivity contribution in [3.05, 3.63) is 78.9 Å². The zero-order chi connectivity index (χ0) is 21.0. The first-order valence-electron chi connectivity index (χ1n) is 10.5. The largest absolute Gasteiger partial charge is 0.339 e. The second-order valence-electron chi connectivity index (χ2n) is 7.78. The van der Waals surface area contributed by atoms with Crippen molar-refractivity contribution >= 4 is 5.91 Å². The Morgan fingerprint density at radius 2 is 1.77 bits per heavy atom. The minimum absolute atomic E-state index is 0.0251. The van der Waals surface area contributed by atoms with Crippen LogP contribution in [0, 0.1) is 5.92 Å². The zero-order valence-electron chi connectivity index (χ0n) is 17.1. The summed E-state index contributed by atoms with van der Waals surface area (Å²) in [6, 6.07) is 17.7. The van der Waals surface area contributed by atoms with Gasteiger partial charge < -0.3 is 9.47 Å². The summed E-state index contributed by atoms with van der Waals surface area (Å²) in [7, 11) is 0. The molecule has 0 aliphatic carbocycles. The molecule has 4 aromatic rings. The molecule has 1 amide bonds. The van der Waals surface area contributed by atoms with Gasteiger partial charge in [-0.1, -0.05) is 42.5 Å². The minimum Gasteiger partial charge on any atom is -0.339 e. The molecule has 0 atom stereocenters. The Morgan fingerprint density at radius 3 is 2.55 bits per heavy atom. The van der Waals surface area contributed by atoms with Gasteiger partial charge in [-0.25, -0.2) is 4.98 Å². The molecule has 0 N–H and O–H groups in total. The summed E-state index contributed by atoms with van der Waals surface area (Å²) in [5.41, 5.74) is 2.44. The van der Waals surface area contributed by atoms with Gasteiger partial charge in [0.25, 0.3) is 5.91 Å². The first kappa shape index (κ1) is 19.2. The Balaban J connectivity index is 1.25. The molecule has 2 aromatic heterocycles. The molecule has 3 heterocycles. The number of imidazole rings is 1. The molecule has 0 bridgehead atoms. The van der Waals surface area contributed by atoms with Crippen LogP contribution in [0.25, 0.3) is 17.1 Å². The quantitative estimate of drug-likeness (QED) is 0.502.